The van der Waals surface area contributed by atoms with Gasteiger partial charge in [-0.3, -0.25) is 0 Å². The Morgan fingerprint density at radius 2 is 2.22 bits per heavy atom. The van der Waals surface area contributed by atoms with Crippen LogP contribution in [0.4, 0.5) is 0 Å². The number of nitrogens with one attached hydrogen (secondary N) is 2. The van der Waals surface area contributed by atoms with Crippen molar-refractivity contribution in [2.75, 3.05) is 13.2 Å². The largest absolute Gasteiger partial charge is 0.376 e. The van der Waals surface area contributed by atoms with E-state index in [-0.39, 0.29) is 0 Å². The number of aryl methyl sites for hydroxylation is 1. The van der Waals surface area contributed by atoms with E-state index in [0.29, 0.717) is 18.7 Å². The Morgan fingerprint density at radius 1 is 1.39 bits per heavy atom. The van der Waals surface area contributed by atoms with Crippen LogP contribution >= 0.6 is 0 Å². The molecule has 7 nitrogen and oxygen atoms in total. The smallest absolute Gasteiger partial charge is 0.192 e. The van der Waals surface area contributed by atoms with Crippen molar-refractivity contribution in [1.82, 2.24) is 25.4 Å². The zero-order valence-electron chi connectivity index (χ0n) is 14.0. The first-order chi connectivity index (χ1) is 11.2. The minimum absolute atomic E-state index is 0.292. The SMILES string of the molecule is Cc1nnc(CN=C(NCC2CCCO2)NC2CC=CC2)n1C. The molecule has 2 aliphatic rings. The monoisotopic (exact) mass is 318 g/mol. The molecule has 23 heavy (non-hydrogen) atoms. The van der Waals surface area contributed by atoms with Crippen molar-refractivity contribution < 1.29 is 4.74 Å². The standard InChI is InChI=1S/C16H26N6O/c1-12-20-21-15(22(12)2)11-18-16(19-13-6-3-4-7-13)17-10-14-8-5-9-23-14/h3-4,13-14H,5-11H2,1-2H3,(H2,17,18,19). The Morgan fingerprint density at radius 3 is 2.87 bits per heavy atom. The molecule has 1 fully saturated rings. The van der Waals surface area contributed by atoms with Gasteiger partial charge in [0, 0.05) is 26.2 Å². The van der Waals surface area contributed by atoms with E-state index < -0.39 is 0 Å². The van der Waals surface area contributed by atoms with Crippen LogP contribution in [-0.2, 0) is 18.3 Å². The summed E-state index contributed by atoms with van der Waals surface area (Å²) in [5.41, 5.74) is 0. The molecule has 1 atom stereocenters. The lowest BCUT2D eigenvalue weighted by Gasteiger charge is -2.19. The second-order valence-electron chi connectivity index (χ2n) is 6.19. The lowest BCUT2D eigenvalue weighted by Crippen LogP contribution is -2.45. The lowest BCUT2D eigenvalue weighted by atomic mass is 10.2. The Kier molecular flexibility index (Phi) is 5.27. The number of aliphatic imine (C=N–C) groups is 1. The summed E-state index contributed by atoms with van der Waals surface area (Å²) in [7, 11) is 1.97. The third kappa shape index (κ3) is 4.31. The van der Waals surface area contributed by atoms with Crippen LogP contribution < -0.4 is 10.6 Å². The molecule has 2 N–H and O–H groups in total. The van der Waals surface area contributed by atoms with Crippen LogP contribution in [0.25, 0.3) is 0 Å². The van der Waals surface area contributed by atoms with Gasteiger partial charge in [-0.2, -0.15) is 0 Å². The predicted molar refractivity (Wildman–Crippen MR) is 89.2 cm³/mol. The van der Waals surface area contributed by atoms with Crippen molar-refractivity contribution in [3.8, 4) is 0 Å². The van der Waals surface area contributed by atoms with E-state index in [9.17, 15) is 0 Å². The van der Waals surface area contributed by atoms with Gasteiger partial charge in [-0.05, 0) is 32.6 Å². The van der Waals surface area contributed by atoms with Crippen LogP contribution in [0, 0.1) is 6.92 Å². The van der Waals surface area contributed by atoms with Crippen molar-refractivity contribution in [3.63, 3.8) is 0 Å². The van der Waals surface area contributed by atoms with Gasteiger partial charge in [-0.25, -0.2) is 4.99 Å². The number of guanidine groups is 1. The third-order valence-corrected chi connectivity index (χ3v) is 4.43. The highest BCUT2D eigenvalue weighted by Crippen LogP contribution is 2.11. The van der Waals surface area contributed by atoms with Gasteiger partial charge in [0.15, 0.2) is 11.8 Å². The van der Waals surface area contributed by atoms with Crippen LogP contribution in [0.5, 0.6) is 0 Å². The molecule has 0 bridgehead atoms. The van der Waals surface area contributed by atoms with E-state index in [2.05, 4.69) is 38.0 Å². The Bertz CT molecular complexity index is 565. The molecular formula is C16H26N6O. The van der Waals surface area contributed by atoms with Crippen LogP contribution in [-0.4, -0.2) is 46.0 Å². The maximum absolute atomic E-state index is 5.67. The average Bonchev–Trinajstić information content (AvgIpc) is 3.28. The fourth-order valence-corrected chi connectivity index (χ4v) is 2.84. The van der Waals surface area contributed by atoms with Crippen LogP contribution in [0.2, 0.25) is 0 Å². The number of nitrogens with zero attached hydrogens (tertiary/aromatic N) is 4. The van der Waals surface area contributed by atoms with Crippen molar-refractivity contribution >= 4 is 5.96 Å². The molecule has 1 unspecified atom stereocenters. The van der Waals surface area contributed by atoms with Crippen molar-refractivity contribution in [3.05, 3.63) is 23.8 Å². The molecule has 126 valence electrons. The van der Waals surface area contributed by atoms with Gasteiger partial charge >= 0.3 is 0 Å². The van der Waals surface area contributed by atoms with E-state index in [1.165, 1.54) is 0 Å². The van der Waals surface area contributed by atoms with Crippen molar-refractivity contribution in [2.45, 2.75) is 51.3 Å². The fraction of sp³-hybridized carbons (Fsp3) is 0.688. The van der Waals surface area contributed by atoms with Gasteiger partial charge in [0.25, 0.3) is 0 Å². The molecule has 1 saturated heterocycles. The van der Waals surface area contributed by atoms with E-state index >= 15 is 0 Å². The number of hydrogen-bond acceptors (Lipinski definition) is 4. The highest BCUT2D eigenvalue weighted by atomic mass is 16.5. The van der Waals surface area contributed by atoms with Gasteiger partial charge in [-0.1, -0.05) is 12.2 Å². The van der Waals surface area contributed by atoms with E-state index in [1.807, 2.05) is 18.5 Å². The topological polar surface area (TPSA) is 76.4 Å². The Balaban J connectivity index is 1.60. The predicted octanol–water partition coefficient (Wildman–Crippen LogP) is 1.06. The van der Waals surface area contributed by atoms with Gasteiger partial charge in [0.05, 0.1) is 6.10 Å². The second-order valence-corrected chi connectivity index (χ2v) is 6.19. The molecule has 7 heteroatoms. The highest BCUT2D eigenvalue weighted by molar-refractivity contribution is 5.80. The highest BCUT2D eigenvalue weighted by Gasteiger charge is 2.17. The zero-order chi connectivity index (χ0) is 16.1. The van der Waals surface area contributed by atoms with Crippen LogP contribution in [0.3, 0.4) is 0 Å². The van der Waals surface area contributed by atoms with Crippen LogP contribution in [0.15, 0.2) is 17.1 Å². The number of aromatic nitrogens is 3. The first-order valence-corrected chi connectivity index (χ1v) is 8.38. The van der Waals surface area contributed by atoms with E-state index in [0.717, 1.165) is 56.4 Å². The lowest BCUT2D eigenvalue weighted by molar-refractivity contribution is 0.113. The minimum Gasteiger partial charge on any atom is -0.376 e. The van der Waals surface area contributed by atoms with Crippen LogP contribution in [0.1, 0.15) is 37.3 Å². The molecule has 1 aromatic rings. The Labute approximate surface area is 137 Å². The normalized spacial score (nSPS) is 22.0. The third-order valence-electron chi connectivity index (χ3n) is 4.43. The first-order valence-electron chi connectivity index (χ1n) is 8.38. The summed E-state index contributed by atoms with van der Waals surface area (Å²) >= 11 is 0. The molecular weight excluding hydrogens is 292 g/mol. The Hall–Kier alpha value is -1.89. The van der Waals surface area contributed by atoms with Gasteiger partial charge in [0.2, 0.25) is 0 Å². The van der Waals surface area contributed by atoms with Crippen molar-refractivity contribution in [2.24, 2.45) is 12.0 Å². The molecule has 0 radical (unpaired) electrons. The van der Waals surface area contributed by atoms with Gasteiger partial charge in [-0.15, -0.1) is 10.2 Å². The zero-order valence-corrected chi connectivity index (χ0v) is 14.0. The summed E-state index contributed by atoms with van der Waals surface area (Å²) in [4.78, 5) is 4.68. The van der Waals surface area contributed by atoms with Gasteiger partial charge in [0.1, 0.15) is 12.4 Å². The summed E-state index contributed by atoms with van der Waals surface area (Å²) in [5.74, 6) is 2.59. The summed E-state index contributed by atoms with van der Waals surface area (Å²) in [5, 5.41) is 15.2. The summed E-state index contributed by atoms with van der Waals surface area (Å²) in [6.07, 6.45) is 9.07. The number of hydrogen-bond donors (Lipinski definition) is 2. The first kappa shape index (κ1) is 16.0. The van der Waals surface area contributed by atoms with Crippen molar-refractivity contribution in [1.29, 1.82) is 0 Å². The van der Waals surface area contributed by atoms with E-state index in [4.69, 9.17) is 4.74 Å². The number of ether oxygens (including phenoxy) is 1. The van der Waals surface area contributed by atoms with Gasteiger partial charge < -0.3 is 19.9 Å². The van der Waals surface area contributed by atoms with E-state index in [1.54, 1.807) is 0 Å². The second kappa shape index (κ2) is 7.59. The molecule has 1 aromatic heterocycles. The molecule has 1 aliphatic carbocycles. The molecule has 0 aromatic carbocycles. The molecule has 1 aliphatic heterocycles. The maximum atomic E-state index is 5.67. The quantitative estimate of drug-likeness (QED) is 0.482. The molecule has 0 amide bonds. The molecule has 3 rings (SSSR count). The maximum Gasteiger partial charge on any atom is 0.192 e. The summed E-state index contributed by atoms with van der Waals surface area (Å²) < 4.78 is 7.65. The average molecular weight is 318 g/mol. The minimum atomic E-state index is 0.292. The molecule has 0 saturated carbocycles. The molecule has 0 spiro atoms. The molecule has 2 heterocycles. The summed E-state index contributed by atoms with van der Waals surface area (Å²) in [6.45, 7) is 4.12. The fourth-order valence-electron chi connectivity index (χ4n) is 2.84. The summed E-state index contributed by atoms with van der Waals surface area (Å²) in [6, 6.07) is 0.423. The number of rotatable bonds is 5.